The molecular weight excluding hydrogens is 277 g/mol. The average molecular weight is 300 g/mol. The molecule has 1 aromatic carbocycles. The molecule has 0 radical (unpaired) electrons. The maximum atomic E-state index is 13.6. The lowest BCUT2D eigenvalue weighted by molar-refractivity contribution is 0.0918. The van der Waals surface area contributed by atoms with Crippen molar-refractivity contribution in [2.75, 3.05) is 26.7 Å². The molecule has 1 aliphatic heterocycles. The summed E-state index contributed by atoms with van der Waals surface area (Å²) in [6.07, 6.45) is 3.07. The highest BCUT2D eigenvalue weighted by Crippen LogP contribution is 2.36. The Kier molecular flexibility index (Phi) is 5.65. The van der Waals surface area contributed by atoms with Gasteiger partial charge in [0.25, 0.3) is 0 Å². The molecular formula is C16H23F3N2. The van der Waals surface area contributed by atoms with Crippen molar-refractivity contribution in [3.05, 3.63) is 35.1 Å². The Morgan fingerprint density at radius 3 is 2.48 bits per heavy atom. The van der Waals surface area contributed by atoms with Crippen LogP contribution in [0.25, 0.3) is 0 Å². The number of rotatable bonds is 5. The summed E-state index contributed by atoms with van der Waals surface area (Å²) < 4.78 is 40.3. The SMILES string of the molecule is CCCN1CCCC(CNC)C1c1cc(F)c(F)c(F)c1. The number of hydrogen-bond acceptors (Lipinski definition) is 2. The van der Waals surface area contributed by atoms with E-state index in [9.17, 15) is 13.2 Å². The molecule has 1 fully saturated rings. The lowest BCUT2D eigenvalue weighted by atomic mass is 9.84. The molecule has 2 atom stereocenters. The molecule has 21 heavy (non-hydrogen) atoms. The Morgan fingerprint density at radius 2 is 1.90 bits per heavy atom. The van der Waals surface area contributed by atoms with E-state index in [1.165, 1.54) is 0 Å². The van der Waals surface area contributed by atoms with Gasteiger partial charge in [-0.05, 0) is 69.6 Å². The van der Waals surface area contributed by atoms with Gasteiger partial charge in [-0.1, -0.05) is 6.92 Å². The van der Waals surface area contributed by atoms with Crippen molar-refractivity contribution >= 4 is 0 Å². The minimum atomic E-state index is -1.39. The highest BCUT2D eigenvalue weighted by atomic mass is 19.2. The minimum absolute atomic E-state index is 0.0595. The average Bonchev–Trinajstić information content (AvgIpc) is 2.45. The number of hydrogen-bond donors (Lipinski definition) is 1. The highest BCUT2D eigenvalue weighted by molar-refractivity contribution is 5.24. The van der Waals surface area contributed by atoms with Gasteiger partial charge in [0.2, 0.25) is 0 Å². The van der Waals surface area contributed by atoms with E-state index < -0.39 is 17.5 Å². The zero-order chi connectivity index (χ0) is 15.4. The second kappa shape index (κ2) is 7.27. The molecule has 0 bridgehead atoms. The molecule has 0 spiro atoms. The molecule has 5 heteroatoms. The van der Waals surface area contributed by atoms with Gasteiger partial charge in [0.1, 0.15) is 0 Å². The van der Waals surface area contributed by atoms with Gasteiger partial charge >= 0.3 is 0 Å². The van der Waals surface area contributed by atoms with E-state index in [-0.39, 0.29) is 12.0 Å². The quantitative estimate of drug-likeness (QED) is 0.838. The molecule has 2 unspecified atom stereocenters. The summed E-state index contributed by atoms with van der Waals surface area (Å²) in [5, 5.41) is 3.15. The van der Waals surface area contributed by atoms with Gasteiger partial charge in [0.15, 0.2) is 17.5 Å². The van der Waals surface area contributed by atoms with Gasteiger partial charge in [0, 0.05) is 6.04 Å². The van der Waals surface area contributed by atoms with Crippen LogP contribution in [0.15, 0.2) is 12.1 Å². The van der Waals surface area contributed by atoms with Crippen LogP contribution < -0.4 is 5.32 Å². The third-order valence-corrected chi connectivity index (χ3v) is 4.18. The smallest absolute Gasteiger partial charge is 0.194 e. The van der Waals surface area contributed by atoms with Gasteiger partial charge in [-0.15, -0.1) is 0 Å². The highest BCUT2D eigenvalue weighted by Gasteiger charge is 2.32. The standard InChI is InChI=1S/C16H23F3N2/c1-3-6-21-7-4-5-11(10-20-2)16(21)12-8-13(17)15(19)14(18)9-12/h8-9,11,16,20H,3-7,10H2,1-2H3. The number of benzene rings is 1. The van der Waals surface area contributed by atoms with Crippen molar-refractivity contribution in [1.29, 1.82) is 0 Å². The van der Waals surface area contributed by atoms with E-state index in [1.807, 2.05) is 7.05 Å². The largest absolute Gasteiger partial charge is 0.319 e. The predicted octanol–water partition coefficient (Wildman–Crippen LogP) is 3.49. The third-order valence-electron chi connectivity index (χ3n) is 4.18. The van der Waals surface area contributed by atoms with Crippen LogP contribution in [0, 0.1) is 23.4 Å². The summed E-state index contributed by atoms with van der Waals surface area (Å²) in [6.45, 7) is 4.67. The van der Waals surface area contributed by atoms with Gasteiger partial charge in [-0.2, -0.15) is 0 Å². The van der Waals surface area contributed by atoms with E-state index >= 15 is 0 Å². The van der Waals surface area contributed by atoms with Gasteiger partial charge in [-0.3, -0.25) is 4.90 Å². The van der Waals surface area contributed by atoms with Crippen LogP contribution in [0.2, 0.25) is 0 Å². The van der Waals surface area contributed by atoms with Crippen molar-refractivity contribution in [1.82, 2.24) is 10.2 Å². The molecule has 2 nitrogen and oxygen atoms in total. The Balaban J connectivity index is 2.37. The van der Waals surface area contributed by atoms with Crippen LogP contribution in [-0.4, -0.2) is 31.6 Å². The van der Waals surface area contributed by atoms with E-state index in [0.29, 0.717) is 5.56 Å². The van der Waals surface area contributed by atoms with E-state index in [1.54, 1.807) is 0 Å². The summed E-state index contributed by atoms with van der Waals surface area (Å²) in [5.41, 5.74) is 0.541. The van der Waals surface area contributed by atoms with E-state index in [0.717, 1.165) is 51.0 Å². The summed E-state index contributed by atoms with van der Waals surface area (Å²) in [5.74, 6) is -3.31. The first-order chi connectivity index (χ1) is 10.1. The molecule has 1 aromatic rings. The predicted molar refractivity (Wildman–Crippen MR) is 77.6 cm³/mol. The van der Waals surface area contributed by atoms with Crippen LogP contribution in [0.4, 0.5) is 13.2 Å². The fourth-order valence-electron chi connectivity index (χ4n) is 3.39. The molecule has 1 heterocycles. The van der Waals surface area contributed by atoms with Crippen molar-refractivity contribution in [2.45, 2.75) is 32.2 Å². The maximum absolute atomic E-state index is 13.6. The topological polar surface area (TPSA) is 15.3 Å². The second-order valence-corrected chi connectivity index (χ2v) is 5.74. The van der Waals surface area contributed by atoms with Gasteiger partial charge in [0.05, 0.1) is 0 Å². The Bertz CT molecular complexity index is 438. The molecule has 0 saturated carbocycles. The third kappa shape index (κ3) is 3.58. The number of likely N-dealkylation sites (tertiary alicyclic amines) is 1. The Morgan fingerprint density at radius 1 is 1.24 bits per heavy atom. The van der Waals surface area contributed by atoms with Gasteiger partial charge < -0.3 is 5.32 Å². The monoisotopic (exact) mass is 300 g/mol. The van der Waals surface area contributed by atoms with Crippen molar-refractivity contribution in [3.63, 3.8) is 0 Å². The normalized spacial score (nSPS) is 23.5. The van der Waals surface area contributed by atoms with Crippen LogP contribution in [0.5, 0.6) is 0 Å². The summed E-state index contributed by atoms with van der Waals surface area (Å²) in [6, 6.07) is 2.25. The number of nitrogens with zero attached hydrogens (tertiary/aromatic N) is 1. The van der Waals surface area contributed by atoms with E-state index in [2.05, 4.69) is 17.1 Å². The zero-order valence-electron chi connectivity index (χ0n) is 12.6. The Labute approximate surface area is 124 Å². The molecule has 1 aliphatic rings. The van der Waals surface area contributed by atoms with Crippen molar-refractivity contribution in [3.8, 4) is 0 Å². The first-order valence-electron chi connectivity index (χ1n) is 7.61. The van der Waals surface area contributed by atoms with Crippen LogP contribution >= 0.6 is 0 Å². The van der Waals surface area contributed by atoms with Crippen molar-refractivity contribution in [2.24, 2.45) is 5.92 Å². The Hall–Kier alpha value is -1.07. The van der Waals surface area contributed by atoms with Crippen molar-refractivity contribution < 1.29 is 13.2 Å². The van der Waals surface area contributed by atoms with Gasteiger partial charge in [-0.25, -0.2) is 13.2 Å². The molecule has 0 aliphatic carbocycles. The minimum Gasteiger partial charge on any atom is -0.319 e. The second-order valence-electron chi connectivity index (χ2n) is 5.74. The fraction of sp³-hybridized carbons (Fsp3) is 0.625. The molecule has 118 valence electrons. The molecule has 1 N–H and O–H groups in total. The molecule has 1 saturated heterocycles. The first kappa shape index (κ1) is 16.3. The number of halogens is 3. The lowest BCUT2D eigenvalue weighted by Crippen LogP contribution is -2.42. The zero-order valence-corrected chi connectivity index (χ0v) is 12.6. The lowest BCUT2D eigenvalue weighted by Gasteiger charge is -2.41. The van der Waals surface area contributed by atoms with Crippen LogP contribution in [0.1, 0.15) is 37.8 Å². The number of nitrogens with one attached hydrogen (secondary N) is 1. The summed E-state index contributed by atoms with van der Waals surface area (Å²) >= 11 is 0. The molecule has 2 rings (SSSR count). The first-order valence-corrected chi connectivity index (χ1v) is 7.61. The summed E-state index contributed by atoms with van der Waals surface area (Å²) in [4.78, 5) is 2.26. The van der Waals surface area contributed by atoms with Crippen LogP contribution in [0.3, 0.4) is 0 Å². The molecule has 0 amide bonds. The number of piperidine rings is 1. The van der Waals surface area contributed by atoms with E-state index in [4.69, 9.17) is 0 Å². The maximum Gasteiger partial charge on any atom is 0.194 e. The fourth-order valence-corrected chi connectivity index (χ4v) is 3.39. The summed E-state index contributed by atoms with van der Waals surface area (Å²) in [7, 11) is 1.88. The molecule has 0 aromatic heterocycles. The van der Waals surface area contributed by atoms with Crippen LogP contribution in [-0.2, 0) is 0 Å².